The summed E-state index contributed by atoms with van der Waals surface area (Å²) in [6, 6.07) is 7.82. The molecule has 1 saturated heterocycles. The van der Waals surface area contributed by atoms with E-state index in [9.17, 15) is 4.79 Å². The Morgan fingerprint density at radius 1 is 1.42 bits per heavy atom. The molecule has 0 amide bonds. The van der Waals surface area contributed by atoms with Crippen molar-refractivity contribution in [2.24, 2.45) is 0 Å². The van der Waals surface area contributed by atoms with Gasteiger partial charge in [-0.1, -0.05) is 19.1 Å². The Morgan fingerprint density at radius 3 is 3.00 bits per heavy atom. The van der Waals surface area contributed by atoms with Crippen LogP contribution in [0.15, 0.2) is 29.8 Å². The molecule has 0 aliphatic carbocycles. The molecule has 19 heavy (non-hydrogen) atoms. The van der Waals surface area contributed by atoms with Crippen LogP contribution < -0.4 is 4.74 Å². The molecule has 3 heteroatoms. The third-order valence-electron chi connectivity index (χ3n) is 3.38. The van der Waals surface area contributed by atoms with Gasteiger partial charge in [0.1, 0.15) is 5.75 Å². The van der Waals surface area contributed by atoms with E-state index in [2.05, 4.69) is 11.8 Å². The largest absolute Gasteiger partial charge is 0.497 e. The lowest BCUT2D eigenvalue weighted by Gasteiger charge is -2.27. The first-order chi connectivity index (χ1) is 9.22. The fourth-order valence-electron chi connectivity index (χ4n) is 2.39. The minimum atomic E-state index is 0.273. The van der Waals surface area contributed by atoms with E-state index >= 15 is 0 Å². The number of Topliss-reactive ketones (excluding diaryl/α,β-unsaturated/α-hetero) is 1. The van der Waals surface area contributed by atoms with E-state index in [-0.39, 0.29) is 5.78 Å². The van der Waals surface area contributed by atoms with Gasteiger partial charge in [-0.25, -0.2) is 0 Å². The second kappa shape index (κ2) is 6.53. The quantitative estimate of drug-likeness (QED) is 0.779. The van der Waals surface area contributed by atoms with Gasteiger partial charge in [0.2, 0.25) is 0 Å². The number of ketones is 1. The van der Waals surface area contributed by atoms with Gasteiger partial charge in [-0.15, -0.1) is 0 Å². The van der Waals surface area contributed by atoms with Crippen molar-refractivity contribution >= 4 is 11.9 Å². The Labute approximate surface area is 114 Å². The fraction of sp³-hybridized carbons (Fsp3) is 0.438. The van der Waals surface area contributed by atoms with Crippen molar-refractivity contribution in [3.63, 3.8) is 0 Å². The Morgan fingerprint density at radius 2 is 2.26 bits per heavy atom. The summed E-state index contributed by atoms with van der Waals surface area (Å²) in [4.78, 5) is 14.3. The molecular weight excluding hydrogens is 238 g/mol. The molecule has 1 heterocycles. The molecule has 0 spiro atoms. The molecule has 0 aromatic heterocycles. The van der Waals surface area contributed by atoms with Crippen LogP contribution in [-0.4, -0.2) is 37.4 Å². The molecule has 0 N–H and O–H groups in total. The molecule has 3 nitrogen and oxygen atoms in total. The van der Waals surface area contributed by atoms with Gasteiger partial charge < -0.3 is 4.74 Å². The van der Waals surface area contributed by atoms with Crippen molar-refractivity contribution in [3.05, 3.63) is 35.4 Å². The third kappa shape index (κ3) is 3.67. The van der Waals surface area contributed by atoms with Gasteiger partial charge >= 0.3 is 0 Å². The number of likely N-dealkylation sites (tertiary alicyclic amines) is 1. The van der Waals surface area contributed by atoms with Crippen molar-refractivity contribution in [1.82, 2.24) is 4.90 Å². The average molecular weight is 259 g/mol. The maximum atomic E-state index is 12.0. The molecule has 0 unspecified atom stereocenters. The summed E-state index contributed by atoms with van der Waals surface area (Å²) in [5, 5.41) is 0. The van der Waals surface area contributed by atoms with Crippen molar-refractivity contribution in [3.8, 4) is 5.75 Å². The van der Waals surface area contributed by atoms with Crippen LogP contribution in [0.1, 0.15) is 25.3 Å². The number of nitrogens with zero attached hydrogens (tertiary/aromatic N) is 1. The predicted molar refractivity (Wildman–Crippen MR) is 77.3 cm³/mol. The zero-order valence-corrected chi connectivity index (χ0v) is 11.7. The number of ether oxygens (including phenoxy) is 1. The van der Waals surface area contributed by atoms with Crippen LogP contribution in [0.5, 0.6) is 5.75 Å². The van der Waals surface area contributed by atoms with Crippen LogP contribution in [0, 0.1) is 0 Å². The number of hydrogen-bond acceptors (Lipinski definition) is 3. The van der Waals surface area contributed by atoms with Crippen LogP contribution in [0.2, 0.25) is 0 Å². The average Bonchev–Trinajstić information content (AvgIpc) is 2.43. The van der Waals surface area contributed by atoms with Crippen molar-refractivity contribution in [2.45, 2.75) is 19.8 Å². The second-order valence-corrected chi connectivity index (χ2v) is 4.90. The normalized spacial score (nSPS) is 18.8. The van der Waals surface area contributed by atoms with Gasteiger partial charge in [0.05, 0.1) is 7.11 Å². The van der Waals surface area contributed by atoms with E-state index in [1.54, 1.807) is 7.11 Å². The molecule has 1 aromatic carbocycles. The monoisotopic (exact) mass is 259 g/mol. The smallest absolute Gasteiger partial charge is 0.161 e. The van der Waals surface area contributed by atoms with Gasteiger partial charge in [0, 0.05) is 25.1 Å². The predicted octanol–water partition coefficient (Wildman–Crippen LogP) is 2.76. The number of benzene rings is 1. The third-order valence-corrected chi connectivity index (χ3v) is 3.38. The maximum Gasteiger partial charge on any atom is 0.161 e. The van der Waals surface area contributed by atoms with Crippen LogP contribution in [-0.2, 0) is 4.79 Å². The topological polar surface area (TPSA) is 29.5 Å². The minimum absolute atomic E-state index is 0.273. The number of rotatable bonds is 4. The summed E-state index contributed by atoms with van der Waals surface area (Å²) >= 11 is 0. The number of piperidine rings is 1. The summed E-state index contributed by atoms with van der Waals surface area (Å²) in [5.41, 5.74) is 1.94. The number of carbonyl (C=O) groups excluding carboxylic acids is 1. The van der Waals surface area contributed by atoms with E-state index < -0.39 is 0 Å². The van der Waals surface area contributed by atoms with Crippen molar-refractivity contribution in [2.75, 3.05) is 26.7 Å². The highest BCUT2D eigenvalue weighted by Crippen LogP contribution is 2.19. The lowest BCUT2D eigenvalue weighted by Crippen LogP contribution is -2.36. The lowest BCUT2D eigenvalue weighted by atomic mass is 10.00. The molecular formula is C16H21NO2. The molecule has 1 fully saturated rings. The van der Waals surface area contributed by atoms with Gasteiger partial charge in [0.25, 0.3) is 0 Å². The standard InChI is InChI=1S/C16H21NO2/c1-3-8-17-9-7-16(18)14(12-17)10-13-5-4-6-15(11-13)19-2/h4-6,10-11H,3,7-9,12H2,1-2H3/b14-10+. The molecule has 1 aromatic rings. The highest BCUT2D eigenvalue weighted by molar-refractivity contribution is 6.00. The lowest BCUT2D eigenvalue weighted by molar-refractivity contribution is -0.117. The van der Waals surface area contributed by atoms with E-state index in [4.69, 9.17) is 4.74 Å². The Bertz CT molecular complexity index is 479. The van der Waals surface area contributed by atoms with Crippen molar-refractivity contribution in [1.29, 1.82) is 0 Å². The summed E-state index contributed by atoms with van der Waals surface area (Å²) in [6.07, 6.45) is 3.75. The minimum Gasteiger partial charge on any atom is -0.497 e. The molecule has 0 saturated carbocycles. The van der Waals surface area contributed by atoms with Crippen LogP contribution in [0.3, 0.4) is 0 Å². The Kier molecular flexibility index (Phi) is 4.74. The van der Waals surface area contributed by atoms with Crippen LogP contribution >= 0.6 is 0 Å². The zero-order valence-electron chi connectivity index (χ0n) is 11.7. The van der Waals surface area contributed by atoms with E-state index in [0.29, 0.717) is 6.42 Å². The highest BCUT2D eigenvalue weighted by Gasteiger charge is 2.20. The fourth-order valence-corrected chi connectivity index (χ4v) is 2.39. The number of methoxy groups -OCH3 is 1. The van der Waals surface area contributed by atoms with Gasteiger partial charge in [0.15, 0.2) is 5.78 Å². The molecule has 0 radical (unpaired) electrons. The number of carbonyl (C=O) groups is 1. The van der Waals surface area contributed by atoms with Gasteiger partial charge in [-0.05, 0) is 36.7 Å². The van der Waals surface area contributed by atoms with Crippen molar-refractivity contribution < 1.29 is 9.53 Å². The molecule has 102 valence electrons. The molecule has 0 bridgehead atoms. The SMILES string of the molecule is CCCN1CCC(=O)/C(=C/c2cccc(OC)c2)C1. The molecule has 0 atom stereocenters. The number of hydrogen-bond donors (Lipinski definition) is 0. The van der Waals surface area contributed by atoms with Crippen LogP contribution in [0.4, 0.5) is 0 Å². The zero-order chi connectivity index (χ0) is 13.7. The molecule has 1 aliphatic heterocycles. The van der Waals surface area contributed by atoms with E-state index in [1.807, 2.05) is 30.3 Å². The second-order valence-electron chi connectivity index (χ2n) is 4.90. The van der Waals surface area contributed by atoms with Crippen LogP contribution in [0.25, 0.3) is 6.08 Å². The Balaban J connectivity index is 2.17. The van der Waals surface area contributed by atoms with Gasteiger partial charge in [-0.2, -0.15) is 0 Å². The molecule has 2 rings (SSSR count). The first-order valence-electron chi connectivity index (χ1n) is 6.83. The highest BCUT2D eigenvalue weighted by atomic mass is 16.5. The summed E-state index contributed by atoms with van der Waals surface area (Å²) in [5.74, 6) is 1.10. The Hall–Kier alpha value is -1.61. The van der Waals surface area contributed by atoms with Gasteiger partial charge in [-0.3, -0.25) is 9.69 Å². The maximum absolute atomic E-state index is 12.0. The van der Waals surface area contributed by atoms with E-state index in [1.165, 1.54) is 0 Å². The van der Waals surface area contributed by atoms with E-state index in [0.717, 1.165) is 42.9 Å². The first kappa shape index (κ1) is 13.8. The summed E-state index contributed by atoms with van der Waals surface area (Å²) < 4.78 is 5.21. The molecule has 1 aliphatic rings. The first-order valence-corrected chi connectivity index (χ1v) is 6.83. The summed E-state index contributed by atoms with van der Waals surface area (Å²) in [7, 11) is 1.65. The summed E-state index contributed by atoms with van der Waals surface area (Å²) in [6.45, 7) is 4.89.